The van der Waals surface area contributed by atoms with Crippen LogP contribution in [0.15, 0.2) is 0 Å². The molecule has 0 aromatic heterocycles. The fourth-order valence-electron chi connectivity index (χ4n) is 0.228. The van der Waals surface area contributed by atoms with Gasteiger partial charge in [0.2, 0.25) is 0 Å². The molecule has 0 aromatic rings. The minimum absolute atomic E-state index is 0.490. The largest absolute Gasteiger partial charge is 0.443 e. The van der Waals surface area contributed by atoms with Crippen LogP contribution in [0.4, 0.5) is 0 Å². The van der Waals surface area contributed by atoms with Crippen LogP contribution in [0.25, 0.3) is 0 Å². The maximum Gasteiger partial charge on any atom is 0.373 e. The van der Waals surface area contributed by atoms with Crippen LogP contribution in [0.1, 0.15) is 0 Å². The number of hydrogen-bond acceptors (Lipinski definition) is 9. The highest BCUT2D eigenvalue weighted by atomic mass is 29.2. The zero-order valence-electron chi connectivity index (χ0n) is 13.0. The van der Waals surface area contributed by atoms with E-state index in [0.717, 1.165) is 0 Å². The second kappa shape index (κ2) is 13.5. The van der Waals surface area contributed by atoms with Gasteiger partial charge in [0.05, 0.1) is 0 Å². The van der Waals surface area contributed by atoms with E-state index in [9.17, 15) is 13.4 Å². The van der Waals surface area contributed by atoms with Crippen LogP contribution >= 0.6 is 0 Å². The molecule has 21 heavy (non-hydrogen) atoms. The molecular formula is C3H24O9Si9. The van der Waals surface area contributed by atoms with Crippen molar-refractivity contribution in [2.45, 2.75) is 19.6 Å². The first-order valence-electron chi connectivity index (χ1n) is 5.58. The van der Waals surface area contributed by atoms with E-state index in [1.54, 1.807) is 0 Å². The molecule has 1 unspecified atom stereocenters. The highest BCUT2D eigenvalue weighted by Gasteiger charge is 2.26. The zero-order valence-corrected chi connectivity index (χ0v) is 25.5. The molecule has 0 radical (unpaired) electrons. The van der Waals surface area contributed by atoms with Crippen LogP contribution in [0.3, 0.4) is 0 Å². The van der Waals surface area contributed by atoms with Gasteiger partial charge >= 0.3 is 51.0 Å². The molecule has 0 bridgehead atoms. The van der Waals surface area contributed by atoms with E-state index in [1.807, 2.05) is 6.55 Å². The quantitative estimate of drug-likeness (QED) is 0.332. The van der Waals surface area contributed by atoms with Crippen molar-refractivity contribution >= 4 is 82.5 Å². The van der Waals surface area contributed by atoms with Crippen molar-refractivity contribution in [2.75, 3.05) is 0 Å². The minimum Gasteiger partial charge on any atom is -0.443 e. The maximum atomic E-state index is 10.4. The van der Waals surface area contributed by atoms with Gasteiger partial charge in [0, 0.05) is 0 Å². The van der Waals surface area contributed by atoms with Crippen molar-refractivity contribution in [1.82, 2.24) is 0 Å². The second-order valence-electron chi connectivity index (χ2n) is 4.13. The summed E-state index contributed by atoms with van der Waals surface area (Å²) in [7, 11) is -9.14. The second-order valence-corrected chi connectivity index (χ2v) is 27.8. The summed E-state index contributed by atoms with van der Waals surface area (Å²) in [6, 6.07) is 0. The molecule has 3 N–H and O–H groups in total. The lowest BCUT2D eigenvalue weighted by Gasteiger charge is -2.15. The molecule has 0 rings (SSSR count). The molecule has 0 amide bonds. The monoisotopic (exact) mass is 456 g/mol. The summed E-state index contributed by atoms with van der Waals surface area (Å²) in [5.74, 6) is 0. The van der Waals surface area contributed by atoms with Crippen molar-refractivity contribution in [3.63, 3.8) is 0 Å². The average molecular weight is 457 g/mol. The van der Waals surface area contributed by atoms with Gasteiger partial charge in [-0.3, -0.25) is 0 Å². The van der Waals surface area contributed by atoms with Gasteiger partial charge in [-0.15, -0.1) is 0 Å². The van der Waals surface area contributed by atoms with E-state index in [4.69, 9.17) is 22.6 Å². The Labute approximate surface area is 142 Å². The highest BCUT2D eigenvalue weighted by molar-refractivity contribution is 7.13. The summed E-state index contributed by atoms with van der Waals surface area (Å²) in [4.78, 5) is 25.3. The Balaban J connectivity index is -0.000000234. The smallest absolute Gasteiger partial charge is 0.373 e. The zero-order chi connectivity index (χ0) is 17.7. The standard InChI is InChI=1S/CH10O3Si4.CH8O3Si3.CH6O3Si2/c1-8(3-5,4-6)7-2;1-7(3,4-5)6-2;1-6(3,4)5-2/h7H,1,5-6H3;3,6H,1,5H3;3-5H,1H3. The van der Waals surface area contributed by atoms with Crippen molar-refractivity contribution in [1.29, 1.82) is 0 Å². The van der Waals surface area contributed by atoms with Crippen LogP contribution in [0.5, 0.6) is 0 Å². The van der Waals surface area contributed by atoms with Crippen LogP contribution < -0.4 is 0 Å². The van der Waals surface area contributed by atoms with E-state index in [-0.39, 0.29) is 0 Å². The molecule has 0 spiro atoms. The van der Waals surface area contributed by atoms with Crippen LogP contribution in [0, 0.1) is 0 Å². The number of rotatable bonds is 6. The van der Waals surface area contributed by atoms with E-state index >= 15 is 0 Å². The lowest BCUT2D eigenvalue weighted by Crippen LogP contribution is -2.40. The van der Waals surface area contributed by atoms with E-state index in [0.29, 0.717) is 31.5 Å². The Hall–Kier alpha value is 1.11. The first-order valence-corrected chi connectivity index (χ1v) is 21.9. The predicted molar refractivity (Wildman–Crippen MR) is 98.1 cm³/mol. The molecule has 0 saturated heterocycles. The van der Waals surface area contributed by atoms with Crippen molar-refractivity contribution < 1.29 is 40.1 Å². The van der Waals surface area contributed by atoms with Gasteiger partial charge < -0.3 is 40.1 Å². The van der Waals surface area contributed by atoms with E-state index < -0.39 is 51.0 Å². The van der Waals surface area contributed by atoms with Gasteiger partial charge in [-0.2, -0.15) is 0 Å². The molecule has 0 aromatic carbocycles. The Morgan fingerprint density at radius 1 is 0.762 bits per heavy atom. The van der Waals surface area contributed by atoms with Gasteiger partial charge in [0.1, 0.15) is 31.5 Å². The van der Waals surface area contributed by atoms with Gasteiger partial charge in [-0.25, -0.2) is 0 Å². The minimum atomic E-state index is -3.10. The Morgan fingerprint density at radius 2 is 1.10 bits per heavy atom. The van der Waals surface area contributed by atoms with Gasteiger partial charge in [-0.1, -0.05) is 0 Å². The van der Waals surface area contributed by atoms with Crippen LogP contribution in [0.2, 0.25) is 19.6 Å². The van der Waals surface area contributed by atoms with E-state index in [1.165, 1.54) is 13.1 Å². The fraction of sp³-hybridized carbons (Fsp3) is 1.00. The van der Waals surface area contributed by atoms with Gasteiger partial charge in [0.25, 0.3) is 0 Å². The molecule has 0 fully saturated rings. The third kappa shape index (κ3) is 21.1. The molecule has 0 saturated carbocycles. The Kier molecular flexibility index (Phi) is 17.4. The summed E-state index contributed by atoms with van der Waals surface area (Å²) in [5, 5.41) is 0. The third-order valence-electron chi connectivity index (χ3n) is 1.88. The fourth-order valence-corrected chi connectivity index (χ4v) is 6.15. The summed E-state index contributed by atoms with van der Waals surface area (Å²) < 4.78 is 44.7. The van der Waals surface area contributed by atoms with Gasteiger partial charge in [0.15, 0.2) is 0 Å². The third-order valence-corrected chi connectivity index (χ3v) is 23.3. The summed E-state index contributed by atoms with van der Waals surface area (Å²) >= 11 is 0. The topological polar surface area (TPSA) is 140 Å². The normalized spacial score (nSPS) is 16.3. The molecule has 126 valence electrons. The molecule has 0 aliphatic carbocycles. The van der Waals surface area contributed by atoms with Gasteiger partial charge in [-0.05, 0) is 19.6 Å². The van der Waals surface area contributed by atoms with Crippen molar-refractivity contribution in [2.24, 2.45) is 0 Å². The maximum absolute atomic E-state index is 10.4. The Morgan fingerprint density at radius 3 is 1.10 bits per heavy atom. The molecular weight excluding hydrogens is 433 g/mol. The molecule has 9 nitrogen and oxygen atoms in total. The predicted octanol–water partition coefficient (Wildman–Crippen LogP) is -7.12. The number of hydrogen-bond donors (Lipinski definition) is 3. The molecule has 0 aliphatic rings. The van der Waals surface area contributed by atoms with Crippen molar-refractivity contribution in [3.8, 4) is 0 Å². The summed E-state index contributed by atoms with van der Waals surface area (Å²) in [5.41, 5.74) is 0. The SMILES string of the molecule is C[Si](O)(O)[SiH]=O.C[Si](O)(O[SiH3])[SiH]=O.C[Si](O[SiH3])(O[SiH3])[SiH]=O. The summed E-state index contributed by atoms with van der Waals surface area (Å²) in [6.45, 7) is 4.59. The highest BCUT2D eigenvalue weighted by Crippen LogP contribution is 1.95. The molecule has 0 heterocycles. The molecule has 18 heteroatoms. The lowest BCUT2D eigenvalue weighted by molar-refractivity contribution is 0.395. The van der Waals surface area contributed by atoms with Crippen LogP contribution in [-0.2, 0) is 25.7 Å². The molecule has 0 aliphatic heterocycles. The first-order chi connectivity index (χ1) is 9.36. The van der Waals surface area contributed by atoms with E-state index in [2.05, 4.69) is 4.12 Å². The van der Waals surface area contributed by atoms with Crippen molar-refractivity contribution in [3.05, 3.63) is 0 Å². The first kappa shape index (κ1) is 27.0. The summed E-state index contributed by atoms with van der Waals surface area (Å²) in [6.07, 6.45) is 0. The Bertz CT molecular complexity index is 299. The molecule has 1 atom stereocenters. The van der Waals surface area contributed by atoms with Crippen LogP contribution in [-0.4, -0.2) is 96.9 Å². The lowest BCUT2D eigenvalue weighted by atomic mass is 11.9. The average Bonchev–Trinajstić information content (AvgIpc) is 2.47.